The van der Waals surface area contributed by atoms with Crippen molar-refractivity contribution in [2.24, 2.45) is 0 Å². The van der Waals surface area contributed by atoms with Crippen LogP contribution in [0.1, 0.15) is 0 Å². The normalized spacial score (nSPS) is 11.4. The van der Waals surface area contributed by atoms with Gasteiger partial charge in [0.2, 0.25) is 0 Å². The van der Waals surface area contributed by atoms with Crippen LogP contribution in [0, 0.1) is 0 Å². The SMILES string of the molecule is c1ccc(-c2ccc(N(c3ccc(-c4ccncc4)cc3)c3ccc(-c4ccc5c(c4)c4cc6ccn(-c7ccccc7)c6cc4n5-c4ccccc4)cc3)cc2)cc1. The molecule has 4 heteroatoms. The molecule has 11 aromatic rings. The van der Waals surface area contributed by atoms with Crippen LogP contribution in [0.5, 0.6) is 0 Å². The molecule has 0 radical (unpaired) electrons. The Hall–Kier alpha value is -7.95. The fraction of sp³-hybridized carbons (Fsp3) is 0. The van der Waals surface area contributed by atoms with Gasteiger partial charge in [0.1, 0.15) is 0 Å². The third kappa shape index (κ3) is 6.24. The molecule has 11 rings (SSSR count). The fourth-order valence-electron chi connectivity index (χ4n) is 8.53. The van der Waals surface area contributed by atoms with Gasteiger partial charge < -0.3 is 14.0 Å². The highest BCUT2D eigenvalue weighted by Gasteiger charge is 2.18. The maximum Gasteiger partial charge on any atom is 0.0562 e. The third-order valence-corrected chi connectivity index (χ3v) is 11.5. The largest absolute Gasteiger partial charge is 0.316 e. The molecule has 0 saturated heterocycles. The number of anilines is 3. The first-order chi connectivity index (χ1) is 29.2. The second-order valence-corrected chi connectivity index (χ2v) is 14.9. The predicted octanol–water partition coefficient (Wildman–Crippen LogP) is 14.6. The van der Waals surface area contributed by atoms with Gasteiger partial charge in [-0.1, -0.05) is 109 Å². The molecule has 278 valence electrons. The Bertz CT molecular complexity index is 3120. The maximum absolute atomic E-state index is 4.21. The molecule has 8 aromatic carbocycles. The van der Waals surface area contributed by atoms with Gasteiger partial charge in [-0.15, -0.1) is 0 Å². The van der Waals surface area contributed by atoms with E-state index in [9.17, 15) is 0 Å². The number of nitrogens with zero attached hydrogens (tertiary/aromatic N) is 4. The highest BCUT2D eigenvalue weighted by atomic mass is 15.1. The molecule has 0 N–H and O–H groups in total. The van der Waals surface area contributed by atoms with Crippen LogP contribution in [0.3, 0.4) is 0 Å². The molecule has 0 aliphatic rings. The molecular weight excluding hydrogens is 717 g/mol. The van der Waals surface area contributed by atoms with E-state index in [1.165, 1.54) is 55.0 Å². The van der Waals surface area contributed by atoms with Gasteiger partial charge in [0.15, 0.2) is 0 Å². The van der Waals surface area contributed by atoms with Crippen LogP contribution in [0.15, 0.2) is 231 Å². The molecule has 0 bridgehead atoms. The lowest BCUT2D eigenvalue weighted by Gasteiger charge is -2.26. The second kappa shape index (κ2) is 14.5. The zero-order valence-electron chi connectivity index (χ0n) is 32.2. The van der Waals surface area contributed by atoms with Crippen LogP contribution in [0.4, 0.5) is 17.1 Å². The quantitative estimate of drug-likeness (QED) is 0.154. The Morgan fingerprint density at radius 2 is 0.814 bits per heavy atom. The standard InChI is InChI=1S/C55H38N4/c1-4-10-39(11-5-1)40-16-23-48(24-17-40)58(49-25-18-41(19-26-49)43-30-33-56-34-31-43)50-27-20-42(21-28-50)44-22-29-53-51(36-44)52-37-45-32-35-57(46-12-6-2-7-13-46)54(45)38-55(52)59(53)47-14-8-3-9-15-47/h1-38H. The summed E-state index contributed by atoms with van der Waals surface area (Å²) in [5.41, 5.74) is 16.2. The molecule has 0 saturated carbocycles. The van der Waals surface area contributed by atoms with E-state index < -0.39 is 0 Å². The van der Waals surface area contributed by atoms with E-state index in [0.29, 0.717) is 0 Å². The molecule has 4 nitrogen and oxygen atoms in total. The lowest BCUT2D eigenvalue weighted by Crippen LogP contribution is -2.09. The average molecular weight is 755 g/mol. The van der Waals surface area contributed by atoms with Crippen LogP contribution in [-0.4, -0.2) is 14.1 Å². The number of hydrogen-bond acceptors (Lipinski definition) is 2. The van der Waals surface area contributed by atoms with Crippen LogP contribution >= 0.6 is 0 Å². The van der Waals surface area contributed by atoms with Gasteiger partial charge in [-0.2, -0.15) is 0 Å². The molecule has 0 aliphatic heterocycles. The van der Waals surface area contributed by atoms with E-state index in [2.05, 4.69) is 225 Å². The Balaban J connectivity index is 1.00. The number of aromatic nitrogens is 3. The topological polar surface area (TPSA) is 26.0 Å². The number of fused-ring (bicyclic) bond motifs is 4. The smallest absolute Gasteiger partial charge is 0.0562 e. The van der Waals surface area contributed by atoms with Crippen molar-refractivity contribution in [1.82, 2.24) is 14.1 Å². The van der Waals surface area contributed by atoms with Gasteiger partial charge in [0.05, 0.1) is 16.6 Å². The number of para-hydroxylation sites is 2. The van der Waals surface area contributed by atoms with Crippen molar-refractivity contribution >= 4 is 49.8 Å². The summed E-state index contributed by atoms with van der Waals surface area (Å²) in [6.45, 7) is 0. The van der Waals surface area contributed by atoms with Crippen molar-refractivity contribution in [2.45, 2.75) is 0 Å². The van der Waals surface area contributed by atoms with Gasteiger partial charge in [-0.25, -0.2) is 0 Å². The zero-order valence-corrected chi connectivity index (χ0v) is 32.2. The van der Waals surface area contributed by atoms with Crippen LogP contribution < -0.4 is 4.90 Å². The van der Waals surface area contributed by atoms with E-state index in [4.69, 9.17) is 0 Å². The molecule has 0 aliphatic carbocycles. The first-order valence-electron chi connectivity index (χ1n) is 20.0. The van der Waals surface area contributed by atoms with Crippen LogP contribution in [-0.2, 0) is 0 Å². The fourth-order valence-corrected chi connectivity index (χ4v) is 8.53. The van der Waals surface area contributed by atoms with Gasteiger partial charge in [0, 0.05) is 63.2 Å². The van der Waals surface area contributed by atoms with Crippen molar-refractivity contribution in [1.29, 1.82) is 0 Å². The van der Waals surface area contributed by atoms with Crippen molar-refractivity contribution < 1.29 is 0 Å². The molecule has 3 heterocycles. The Kier molecular flexibility index (Phi) is 8.45. The number of hydrogen-bond donors (Lipinski definition) is 0. The van der Waals surface area contributed by atoms with Gasteiger partial charge in [0.25, 0.3) is 0 Å². The first kappa shape index (κ1) is 34.3. The summed E-state index contributed by atoms with van der Waals surface area (Å²) in [6.07, 6.45) is 5.86. The van der Waals surface area contributed by atoms with E-state index >= 15 is 0 Å². The maximum atomic E-state index is 4.21. The molecule has 0 amide bonds. The third-order valence-electron chi connectivity index (χ3n) is 11.5. The number of rotatable bonds is 8. The summed E-state index contributed by atoms with van der Waals surface area (Å²) >= 11 is 0. The summed E-state index contributed by atoms with van der Waals surface area (Å²) in [5.74, 6) is 0. The Morgan fingerprint density at radius 3 is 1.41 bits per heavy atom. The average Bonchev–Trinajstić information content (AvgIpc) is 3.88. The van der Waals surface area contributed by atoms with Gasteiger partial charge >= 0.3 is 0 Å². The summed E-state index contributed by atoms with van der Waals surface area (Å²) in [6, 6.07) is 76.4. The molecule has 0 atom stereocenters. The lowest BCUT2D eigenvalue weighted by molar-refractivity contribution is 1.12. The van der Waals surface area contributed by atoms with Crippen molar-refractivity contribution in [3.05, 3.63) is 231 Å². The summed E-state index contributed by atoms with van der Waals surface area (Å²) in [4.78, 5) is 6.54. The zero-order chi connectivity index (χ0) is 39.1. The lowest BCUT2D eigenvalue weighted by atomic mass is 10.0. The van der Waals surface area contributed by atoms with Gasteiger partial charge in [-0.3, -0.25) is 4.98 Å². The van der Waals surface area contributed by atoms with E-state index in [-0.39, 0.29) is 0 Å². The van der Waals surface area contributed by atoms with Crippen molar-refractivity contribution in [2.75, 3.05) is 4.90 Å². The monoisotopic (exact) mass is 754 g/mol. The van der Waals surface area contributed by atoms with Crippen LogP contribution in [0.2, 0.25) is 0 Å². The second-order valence-electron chi connectivity index (χ2n) is 14.9. The summed E-state index contributed by atoms with van der Waals surface area (Å²) in [7, 11) is 0. The highest BCUT2D eigenvalue weighted by Crippen LogP contribution is 2.40. The minimum Gasteiger partial charge on any atom is -0.316 e. The summed E-state index contributed by atoms with van der Waals surface area (Å²) < 4.78 is 4.69. The Morgan fingerprint density at radius 1 is 0.339 bits per heavy atom. The molecule has 0 spiro atoms. The molecule has 0 unspecified atom stereocenters. The van der Waals surface area contributed by atoms with E-state index in [0.717, 1.165) is 39.6 Å². The molecule has 0 fully saturated rings. The van der Waals surface area contributed by atoms with Crippen LogP contribution in [0.25, 0.3) is 77.5 Å². The van der Waals surface area contributed by atoms with Crippen molar-refractivity contribution in [3.63, 3.8) is 0 Å². The first-order valence-corrected chi connectivity index (χ1v) is 20.0. The van der Waals surface area contributed by atoms with E-state index in [1.807, 2.05) is 24.5 Å². The molecule has 59 heavy (non-hydrogen) atoms. The predicted molar refractivity (Wildman–Crippen MR) is 246 cm³/mol. The number of benzene rings is 8. The Labute approximate surface area is 343 Å². The molecular formula is C55H38N4. The minimum absolute atomic E-state index is 1.09. The highest BCUT2D eigenvalue weighted by molar-refractivity contribution is 6.14. The number of pyridine rings is 1. The minimum atomic E-state index is 1.09. The van der Waals surface area contributed by atoms with E-state index in [1.54, 1.807) is 0 Å². The summed E-state index contributed by atoms with van der Waals surface area (Å²) in [5, 5.41) is 3.68. The molecule has 3 aromatic heterocycles. The van der Waals surface area contributed by atoms with Crippen molar-refractivity contribution in [3.8, 4) is 44.8 Å². The van der Waals surface area contributed by atoms with Gasteiger partial charge in [-0.05, 0) is 137 Å².